The number of fused-ring (bicyclic) bond motifs is 1. The molecule has 4 rings (SSSR count). The summed E-state index contributed by atoms with van der Waals surface area (Å²) in [5.74, 6) is 0.0421. The van der Waals surface area contributed by atoms with E-state index in [1.807, 2.05) is 74.5 Å². The first-order chi connectivity index (χ1) is 15.0. The van der Waals surface area contributed by atoms with E-state index in [1.54, 1.807) is 0 Å². The maximum absolute atomic E-state index is 12.7. The number of benzene rings is 3. The predicted octanol–water partition coefficient (Wildman–Crippen LogP) is 4.75. The second kappa shape index (κ2) is 9.31. The molecule has 0 spiro atoms. The highest BCUT2D eigenvalue weighted by Gasteiger charge is 2.26. The molecule has 160 valence electrons. The Hall–Kier alpha value is -3.18. The lowest BCUT2D eigenvalue weighted by molar-refractivity contribution is -0.121. The minimum Gasteiger partial charge on any atom is -0.326 e. The summed E-state index contributed by atoms with van der Waals surface area (Å²) in [6.07, 6.45) is 1.52. The second-order valence-corrected chi connectivity index (χ2v) is 8.36. The van der Waals surface area contributed by atoms with Gasteiger partial charge in [-0.25, -0.2) is 0 Å². The summed E-state index contributed by atoms with van der Waals surface area (Å²) in [5, 5.41) is 8.29. The lowest BCUT2D eigenvalue weighted by atomic mass is 9.95. The van der Waals surface area contributed by atoms with E-state index in [2.05, 4.69) is 15.5 Å². The van der Waals surface area contributed by atoms with Gasteiger partial charge < -0.3 is 10.6 Å². The van der Waals surface area contributed by atoms with Gasteiger partial charge in [-0.15, -0.1) is 0 Å². The highest BCUT2D eigenvalue weighted by atomic mass is 16.2. The average Bonchev–Trinajstić information content (AvgIpc) is 2.77. The van der Waals surface area contributed by atoms with Crippen LogP contribution in [0, 0.1) is 19.8 Å². The molecule has 0 aliphatic carbocycles. The summed E-state index contributed by atoms with van der Waals surface area (Å²) in [6, 6.07) is 19.9. The van der Waals surface area contributed by atoms with Crippen LogP contribution in [-0.2, 0) is 9.59 Å². The van der Waals surface area contributed by atoms with Crippen LogP contribution in [0.2, 0.25) is 0 Å². The Kier molecular flexibility index (Phi) is 6.33. The Balaban J connectivity index is 1.29. The van der Waals surface area contributed by atoms with Gasteiger partial charge >= 0.3 is 0 Å². The van der Waals surface area contributed by atoms with Gasteiger partial charge in [0.25, 0.3) is 0 Å². The summed E-state index contributed by atoms with van der Waals surface area (Å²) in [5.41, 5.74) is 4.01. The number of hydrogen-bond acceptors (Lipinski definition) is 3. The Morgan fingerprint density at radius 2 is 1.55 bits per heavy atom. The minimum absolute atomic E-state index is 0.0164. The van der Waals surface area contributed by atoms with Crippen molar-refractivity contribution in [2.45, 2.75) is 26.7 Å². The fourth-order valence-corrected chi connectivity index (χ4v) is 4.20. The van der Waals surface area contributed by atoms with Crippen molar-refractivity contribution in [2.24, 2.45) is 5.92 Å². The first-order valence-corrected chi connectivity index (χ1v) is 10.9. The van der Waals surface area contributed by atoms with Crippen LogP contribution >= 0.6 is 0 Å². The molecule has 5 nitrogen and oxygen atoms in total. The van der Waals surface area contributed by atoms with E-state index in [0.29, 0.717) is 6.54 Å². The van der Waals surface area contributed by atoms with Crippen LogP contribution in [0.15, 0.2) is 60.7 Å². The number of carbonyl (C=O) groups is 2. The molecule has 5 heteroatoms. The maximum atomic E-state index is 12.7. The van der Waals surface area contributed by atoms with Crippen molar-refractivity contribution in [1.82, 2.24) is 4.90 Å². The van der Waals surface area contributed by atoms with Gasteiger partial charge in [-0.2, -0.15) is 0 Å². The van der Waals surface area contributed by atoms with E-state index >= 15 is 0 Å². The van der Waals surface area contributed by atoms with Crippen LogP contribution in [0.25, 0.3) is 10.8 Å². The zero-order valence-electron chi connectivity index (χ0n) is 18.2. The molecular weight excluding hydrogens is 386 g/mol. The van der Waals surface area contributed by atoms with Crippen molar-refractivity contribution >= 4 is 34.0 Å². The van der Waals surface area contributed by atoms with Gasteiger partial charge in [0.15, 0.2) is 0 Å². The summed E-state index contributed by atoms with van der Waals surface area (Å²) in [7, 11) is 0. The molecular formula is C26H29N3O2. The zero-order chi connectivity index (χ0) is 21.8. The van der Waals surface area contributed by atoms with Crippen molar-refractivity contribution in [2.75, 3.05) is 30.3 Å². The summed E-state index contributed by atoms with van der Waals surface area (Å²) >= 11 is 0. The number of piperidine rings is 1. The fourth-order valence-electron chi connectivity index (χ4n) is 4.20. The molecule has 31 heavy (non-hydrogen) atoms. The van der Waals surface area contributed by atoms with Gasteiger partial charge in [-0.3, -0.25) is 14.5 Å². The molecule has 3 aromatic rings. The number of carbonyl (C=O) groups excluding carboxylic acids is 2. The SMILES string of the molecule is Cc1cccc(NC(=O)C2CCN(CC(=O)Nc3cccc4ccccc34)CC2)c1C. The Labute approximate surface area is 183 Å². The maximum Gasteiger partial charge on any atom is 0.238 e. The van der Waals surface area contributed by atoms with Gasteiger partial charge in [0.1, 0.15) is 0 Å². The van der Waals surface area contributed by atoms with Gasteiger partial charge in [0.05, 0.1) is 6.54 Å². The topological polar surface area (TPSA) is 61.4 Å². The minimum atomic E-state index is -0.0189. The second-order valence-electron chi connectivity index (χ2n) is 8.36. The van der Waals surface area contributed by atoms with E-state index in [9.17, 15) is 9.59 Å². The van der Waals surface area contributed by atoms with E-state index in [1.165, 1.54) is 5.56 Å². The molecule has 1 aliphatic heterocycles. The highest BCUT2D eigenvalue weighted by Crippen LogP contribution is 2.24. The Morgan fingerprint density at radius 3 is 2.35 bits per heavy atom. The molecule has 0 unspecified atom stereocenters. The van der Waals surface area contributed by atoms with E-state index in [0.717, 1.165) is 53.6 Å². The van der Waals surface area contributed by atoms with Gasteiger partial charge in [-0.1, -0.05) is 48.5 Å². The number of nitrogens with one attached hydrogen (secondary N) is 2. The monoisotopic (exact) mass is 415 g/mol. The largest absolute Gasteiger partial charge is 0.326 e. The van der Waals surface area contributed by atoms with E-state index in [-0.39, 0.29) is 17.7 Å². The zero-order valence-corrected chi connectivity index (χ0v) is 18.2. The number of anilines is 2. The van der Waals surface area contributed by atoms with Crippen LogP contribution < -0.4 is 10.6 Å². The molecule has 0 radical (unpaired) electrons. The Bertz CT molecular complexity index is 1100. The number of hydrogen-bond donors (Lipinski definition) is 2. The third kappa shape index (κ3) is 4.94. The van der Waals surface area contributed by atoms with Gasteiger partial charge in [-0.05, 0) is 68.4 Å². The molecule has 1 fully saturated rings. The third-order valence-corrected chi connectivity index (χ3v) is 6.25. The smallest absolute Gasteiger partial charge is 0.238 e. The van der Waals surface area contributed by atoms with Gasteiger partial charge in [0, 0.05) is 22.7 Å². The van der Waals surface area contributed by atoms with Crippen LogP contribution in [0.5, 0.6) is 0 Å². The van der Waals surface area contributed by atoms with E-state index in [4.69, 9.17) is 0 Å². The standard InChI is InChI=1S/C26H29N3O2/c1-18-7-5-11-23(19(18)2)28-26(31)21-13-15-29(16-14-21)17-25(30)27-24-12-6-9-20-8-3-4-10-22(20)24/h3-12,21H,13-17H2,1-2H3,(H,27,30)(H,28,31). The molecule has 2 amide bonds. The molecule has 3 aromatic carbocycles. The third-order valence-electron chi connectivity index (χ3n) is 6.25. The molecule has 1 saturated heterocycles. The molecule has 0 bridgehead atoms. The lowest BCUT2D eigenvalue weighted by Crippen LogP contribution is -2.41. The summed E-state index contributed by atoms with van der Waals surface area (Å²) in [4.78, 5) is 27.5. The fraction of sp³-hybridized carbons (Fsp3) is 0.308. The van der Waals surface area contributed by atoms with Crippen molar-refractivity contribution in [3.63, 3.8) is 0 Å². The normalized spacial score (nSPS) is 15.0. The molecule has 0 atom stereocenters. The average molecular weight is 416 g/mol. The number of aryl methyl sites for hydroxylation is 1. The summed E-state index contributed by atoms with van der Waals surface area (Å²) < 4.78 is 0. The van der Waals surface area contributed by atoms with Crippen LogP contribution in [0.1, 0.15) is 24.0 Å². The number of rotatable bonds is 5. The number of amides is 2. The Morgan fingerprint density at radius 1 is 0.871 bits per heavy atom. The van der Waals surface area contributed by atoms with Crippen LogP contribution in [-0.4, -0.2) is 36.3 Å². The molecule has 1 aliphatic rings. The van der Waals surface area contributed by atoms with E-state index < -0.39 is 0 Å². The quantitative estimate of drug-likeness (QED) is 0.632. The van der Waals surface area contributed by atoms with Crippen molar-refractivity contribution in [3.05, 3.63) is 71.8 Å². The highest BCUT2D eigenvalue weighted by molar-refractivity contribution is 6.02. The first-order valence-electron chi connectivity index (χ1n) is 10.9. The summed E-state index contributed by atoms with van der Waals surface area (Å²) in [6.45, 7) is 5.91. The molecule has 1 heterocycles. The number of likely N-dealkylation sites (tertiary alicyclic amines) is 1. The molecule has 0 aromatic heterocycles. The molecule has 2 N–H and O–H groups in total. The van der Waals surface area contributed by atoms with Crippen LogP contribution in [0.3, 0.4) is 0 Å². The first kappa shape index (κ1) is 21.1. The predicted molar refractivity (Wildman–Crippen MR) is 126 cm³/mol. The van der Waals surface area contributed by atoms with Crippen molar-refractivity contribution in [1.29, 1.82) is 0 Å². The van der Waals surface area contributed by atoms with Crippen molar-refractivity contribution < 1.29 is 9.59 Å². The van der Waals surface area contributed by atoms with Crippen LogP contribution in [0.4, 0.5) is 11.4 Å². The lowest BCUT2D eigenvalue weighted by Gasteiger charge is -2.31. The number of nitrogens with zero attached hydrogens (tertiary/aromatic N) is 1. The van der Waals surface area contributed by atoms with Gasteiger partial charge in [0.2, 0.25) is 11.8 Å². The molecule has 0 saturated carbocycles. The van der Waals surface area contributed by atoms with Crippen molar-refractivity contribution in [3.8, 4) is 0 Å².